The Morgan fingerprint density at radius 1 is 1.61 bits per heavy atom. The predicted octanol–water partition coefficient (Wildman–Crippen LogP) is 1.18. The molecule has 1 amide bonds. The lowest BCUT2D eigenvalue weighted by Crippen LogP contribution is -2.27. The van der Waals surface area contributed by atoms with Gasteiger partial charge in [-0.2, -0.15) is 0 Å². The highest BCUT2D eigenvalue weighted by molar-refractivity contribution is 5.98. The maximum atomic E-state index is 11.3. The average molecular weight is 252 g/mol. The number of anilines is 1. The molecule has 0 saturated heterocycles. The number of primary amides is 1. The first kappa shape index (κ1) is 13.9. The number of nitrogens with two attached hydrogens (primary N) is 1. The van der Waals surface area contributed by atoms with Crippen LogP contribution in [-0.4, -0.2) is 29.4 Å². The summed E-state index contributed by atoms with van der Waals surface area (Å²) in [7, 11) is 1.76. The van der Waals surface area contributed by atoms with Crippen LogP contribution in [0.5, 0.6) is 0 Å². The van der Waals surface area contributed by atoms with Crippen LogP contribution in [-0.2, 0) is 0 Å². The van der Waals surface area contributed by atoms with Crippen LogP contribution in [0.1, 0.15) is 24.2 Å². The van der Waals surface area contributed by atoms with Crippen molar-refractivity contribution >= 4 is 17.4 Å². The van der Waals surface area contributed by atoms with Gasteiger partial charge in [0.2, 0.25) is 0 Å². The van der Waals surface area contributed by atoms with Crippen LogP contribution in [0.3, 0.4) is 0 Å². The first-order chi connectivity index (χ1) is 8.32. The summed E-state index contributed by atoms with van der Waals surface area (Å²) in [6.45, 7) is 4.71. The Kier molecular flexibility index (Phi) is 4.19. The van der Waals surface area contributed by atoms with E-state index >= 15 is 0 Å². The van der Waals surface area contributed by atoms with Crippen LogP contribution < -0.4 is 10.6 Å². The Hall–Kier alpha value is -2.18. The van der Waals surface area contributed by atoms with Gasteiger partial charge in [0, 0.05) is 19.7 Å². The molecule has 0 aromatic carbocycles. The van der Waals surface area contributed by atoms with Crippen molar-refractivity contribution in [3.05, 3.63) is 27.9 Å². The molecule has 0 spiro atoms. The maximum absolute atomic E-state index is 11.3. The molecule has 0 aliphatic heterocycles. The highest BCUT2D eigenvalue weighted by atomic mass is 16.6. The molecule has 0 aliphatic rings. The second-order valence-corrected chi connectivity index (χ2v) is 4.46. The third kappa shape index (κ3) is 3.16. The number of carbonyl (C=O) groups is 1. The molecule has 1 rings (SSSR count). The normalized spacial score (nSPS) is 10.4. The van der Waals surface area contributed by atoms with Crippen molar-refractivity contribution in [3.63, 3.8) is 0 Å². The fraction of sp³-hybridized carbons (Fsp3) is 0.455. The smallest absolute Gasteiger partial charge is 0.288 e. The van der Waals surface area contributed by atoms with Gasteiger partial charge in [-0.05, 0) is 5.92 Å². The zero-order valence-electron chi connectivity index (χ0n) is 10.6. The lowest BCUT2D eigenvalue weighted by Gasteiger charge is -2.21. The van der Waals surface area contributed by atoms with E-state index in [0.717, 1.165) is 12.3 Å². The molecule has 0 saturated carbocycles. The monoisotopic (exact) mass is 252 g/mol. The van der Waals surface area contributed by atoms with Gasteiger partial charge >= 0.3 is 0 Å². The highest BCUT2D eigenvalue weighted by Gasteiger charge is 2.19. The minimum Gasteiger partial charge on any atom is -0.365 e. The molecular formula is C11H16N4O3. The summed E-state index contributed by atoms with van der Waals surface area (Å²) in [5.74, 6) is 0.00586. The van der Waals surface area contributed by atoms with Crippen LogP contribution in [0.25, 0.3) is 0 Å². The van der Waals surface area contributed by atoms with Crippen molar-refractivity contribution in [2.24, 2.45) is 11.7 Å². The summed E-state index contributed by atoms with van der Waals surface area (Å²) in [6, 6.07) is 1.15. The lowest BCUT2D eigenvalue weighted by atomic mass is 10.2. The summed E-state index contributed by atoms with van der Waals surface area (Å²) >= 11 is 0. The van der Waals surface area contributed by atoms with Crippen LogP contribution >= 0.6 is 0 Å². The van der Waals surface area contributed by atoms with E-state index in [4.69, 9.17) is 5.73 Å². The van der Waals surface area contributed by atoms with Crippen molar-refractivity contribution in [2.45, 2.75) is 13.8 Å². The fourth-order valence-corrected chi connectivity index (χ4v) is 1.67. The molecule has 0 bridgehead atoms. The van der Waals surface area contributed by atoms with Crippen LogP contribution in [0, 0.1) is 16.0 Å². The summed E-state index contributed by atoms with van der Waals surface area (Å²) in [4.78, 5) is 27.1. The number of nitrogens with zero attached hydrogens (tertiary/aromatic N) is 3. The molecule has 0 atom stereocenters. The third-order valence-electron chi connectivity index (χ3n) is 2.33. The SMILES string of the molecule is CC(C)CN(C)c1ncc([N+](=O)[O-])cc1C(N)=O. The summed E-state index contributed by atoms with van der Waals surface area (Å²) in [5.41, 5.74) is 5.04. The zero-order chi connectivity index (χ0) is 13.9. The Bertz CT molecular complexity index is 473. The number of rotatable bonds is 5. The number of aromatic nitrogens is 1. The van der Waals surface area contributed by atoms with Crippen molar-refractivity contribution in [3.8, 4) is 0 Å². The minimum atomic E-state index is -0.725. The quantitative estimate of drug-likeness (QED) is 0.626. The molecule has 2 N–H and O–H groups in total. The second kappa shape index (κ2) is 5.44. The van der Waals surface area contributed by atoms with Crippen LogP contribution in [0.15, 0.2) is 12.3 Å². The second-order valence-electron chi connectivity index (χ2n) is 4.46. The Labute approximate surface area is 105 Å². The van der Waals surface area contributed by atoms with E-state index in [1.165, 1.54) is 0 Å². The van der Waals surface area contributed by atoms with E-state index in [1.807, 2.05) is 13.8 Å². The Morgan fingerprint density at radius 2 is 2.22 bits per heavy atom. The maximum Gasteiger partial charge on any atom is 0.288 e. The fourth-order valence-electron chi connectivity index (χ4n) is 1.67. The van der Waals surface area contributed by atoms with Crippen LogP contribution in [0.2, 0.25) is 0 Å². The van der Waals surface area contributed by atoms with E-state index in [0.29, 0.717) is 18.3 Å². The molecule has 0 radical (unpaired) electrons. The summed E-state index contributed by atoms with van der Waals surface area (Å²) < 4.78 is 0. The molecule has 0 unspecified atom stereocenters. The van der Waals surface area contributed by atoms with E-state index in [1.54, 1.807) is 11.9 Å². The Morgan fingerprint density at radius 3 is 2.67 bits per heavy atom. The first-order valence-electron chi connectivity index (χ1n) is 5.48. The van der Waals surface area contributed by atoms with Crippen molar-refractivity contribution in [2.75, 3.05) is 18.5 Å². The standard InChI is InChI=1S/C11H16N4O3/c1-7(2)6-14(3)11-9(10(12)16)4-8(5-13-11)15(17)18/h4-5,7H,6H2,1-3H3,(H2,12,16). The van der Waals surface area contributed by atoms with Gasteiger partial charge in [-0.1, -0.05) is 13.8 Å². The van der Waals surface area contributed by atoms with Gasteiger partial charge in [0.1, 0.15) is 12.0 Å². The first-order valence-corrected chi connectivity index (χ1v) is 5.48. The van der Waals surface area contributed by atoms with Gasteiger partial charge in [-0.15, -0.1) is 0 Å². The van der Waals surface area contributed by atoms with Gasteiger partial charge in [0.05, 0.1) is 10.5 Å². The lowest BCUT2D eigenvalue weighted by molar-refractivity contribution is -0.385. The molecule has 7 nitrogen and oxygen atoms in total. The van der Waals surface area contributed by atoms with E-state index in [2.05, 4.69) is 4.98 Å². The van der Waals surface area contributed by atoms with Crippen molar-refractivity contribution < 1.29 is 9.72 Å². The third-order valence-corrected chi connectivity index (χ3v) is 2.33. The van der Waals surface area contributed by atoms with Gasteiger partial charge < -0.3 is 10.6 Å². The van der Waals surface area contributed by atoms with Crippen LogP contribution in [0.4, 0.5) is 11.5 Å². The summed E-state index contributed by atoms with van der Waals surface area (Å²) in [6.07, 6.45) is 1.12. The summed E-state index contributed by atoms with van der Waals surface area (Å²) in [5, 5.41) is 10.6. The number of nitro groups is 1. The van der Waals surface area contributed by atoms with Crippen molar-refractivity contribution in [1.82, 2.24) is 4.98 Å². The predicted molar refractivity (Wildman–Crippen MR) is 67.5 cm³/mol. The molecule has 98 valence electrons. The number of hydrogen-bond acceptors (Lipinski definition) is 5. The minimum absolute atomic E-state index is 0.0624. The Balaban J connectivity index is 3.19. The average Bonchev–Trinajstić information content (AvgIpc) is 2.26. The number of carbonyl (C=O) groups excluding carboxylic acids is 1. The van der Waals surface area contributed by atoms with E-state index in [9.17, 15) is 14.9 Å². The zero-order valence-corrected chi connectivity index (χ0v) is 10.6. The van der Waals surface area contributed by atoms with E-state index < -0.39 is 10.8 Å². The molecule has 0 fully saturated rings. The number of amides is 1. The molecule has 1 aromatic rings. The van der Waals surface area contributed by atoms with Crippen molar-refractivity contribution in [1.29, 1.82) is 0 Å². The number of hydrogen-bond donors (Lipinski definition) is 1. The highest BCUT2D eigenvalue weighted by Crippen LogP contribution is 2.21. The number of pyridine rings is 1. The van der Waals surface area contributed by atoms with Gasteiger partial charge in [-0.3, -0.25) is 14.9 Å². The van der Waals surface area contributed by atoms with Gasteiger partial charge in [0.15, 0.2) is 0 Å². The topological polar surface area (TPSA) is 102 Å². The molecule has 0 aliphatic carbocycles. The molecular weight excluding hydrogens is 236 g/mol. The van der Waals surface area contributed by atoms with Gasteiger partial charge in [-0.25, -0.2) is 4.98 Å². The van der Waals surface area contributed by atoms with Gasteiger partial charge in [0.25, 0.3) is 11.6 Å². The molecule has 1 aromatic heterocycles. The molecule has 18 heavy (non-hydrogen) atoms. The van der Waals surface area contributed by atoms with E-state index in [-0.39, 0.29) is 11.3 Å². The molecule has 1 heterocycles. The largest absolute Gasteiger partial charge is 0.365 e. The molecule has 7 heteroatoms.